The molecular formula is C13H18N2O3S. The highest BCUT2D eigenvalue weighted by Crippen LogP contribution is 2.29. The lowest BCUT2D eigenvalue weighted by Crippen LogP contribution is -2.41. The lowest BCUT2D eigenvalue weighted by atomic mass is 10.0. The van der Waals surface area contributed by atoms with Gasteiger partial charge in [0.1, 0.15) is 11.2 Å². The molecule has 5 nitrogen and oxygen atoms in total. The minimum atomic E-state index is -3.52. The second kappa shape index (κ2) is 5.71. The summed E-state index contributed by atoms with van der Waals surface area (Å²) in [6, 6.07) is 6.57. The summed E-state index contributed by atoms with van der Waals surface area (Å²) < 4.78 is 26.4. The Balaban J connectivity index is 2.47. The first-order chi connectivity index (χ1) is 9.10. The van der Waals surface area contributed by atoms with Gasteiger partial charge in [0.05, 0.1) is 11.7 Å². The Morgan fingerprint density at radius 3 is 2.74 bits per heavy atom. The Kier molecular flexibility index (Phi) is 4.21. The van der Waals surface area contributed by atoms with Crippen molar-refractivity contribution in [2.75, 3.05) is 18.5 Å². The zero-order valence-corrected chi connectivity index (χ0v) is 11.7. The summed E-state index contributed by atoms with van der Waals surface area (Å²) in [6.45, 7) is 0.708. The number of benzene rings is 1. The van der Waals surface area contributed by atoms with Crippen molar-refractivity contribution in [3.05, 3.63) is 24.3 Å². The van der Waals surface area contributed by atoms with E-state index >= 15 is 0 Å². The maximum atomic E-state index is 12.0. The van der Waals surface area contributed by atoms with E-state index < -0.39 is 10.0 Å². The van der Waals surface area contributed by atoms with Gasteiger partial charge in [-0.05, 0) is 38.4 Å². The minimum Gasteiger partial charge on any atom is -0.361 e. The summed E-state index contributed by atoms with van der Waals surface area (Å²) in [7, 11) is -2.13. The van der Waals surface area contributed by atoms with Crippen LogP contribution in [-0.4, -0.2) is 34.3 Å². The molecule has 0 radical (unpaired) electrons. The van der Waals surface area contributed by atoms with Crippen molar-refractivity contribution < 1.29 is 13.2 Å². The maximum absolute atomic E-state index is 12.0. The maximum Gasteiger partial charge on any atom is 0.242 e. The van der Waals surface area contributed by atoms with E-state index in [1.165, 1.54) is 7.05 Å². The van der Waals surface area contributed by atoms with E-state index in [-0.39, 0.29) is 10.9 Å². The first-order valence-electron chi connectivity index (χ1n) is 6.34. The summed E-state index contributed by atoms with van der Waals surface area (Å²) in [5.74, 6) is 0. The van der Waals surface area contributed by atoms with Gasteiger partial charge in [-0.1, -0.05) is 12.1 Å². The number of para-hydroxylation sites is 1. The monoisotopic (exact) mass is 282 g/mol. The van der Waals surface area contributed by atoms with E-state index in [2.05, 4.69) is 4.72 Å². The number of rotatable bonds is 4. The Morgan fingerprint density at radius 2 is 2.05 bits per heavy atom. The molecule has 1 unspecified atom stereocenters. The van der Waals surface area contributed by atoms with E-state index in [4.69, 9.17) is 0 Å². The van der Waals surface area contributed by atoms with Crippen molar-refractivity contribution in [2.45, 2.75) is 30.2 Å². The average molecular weight is 282 g/mol. The topological polar surface area (TPSA) is 66.5 Å². The molecule has 0 amide bonds. The smallest absolute Gasteiger partial charge is 0.242 e. The van der Waals surface area contributed by atoms with Crippen LogP contribution < -0.4 is 9.62 Å². The molecule has 1 fully saturated rings. The van der Waals surface area contributed by atoms with Crippen LogP contribution in [0.5, 0.6) is 0 Å². The number of hydrogen-bond acceptors (Lipinski definition) is 4. The summed E-state index contributed by atoms with van der Waals surface area (Å²) in [5.41, 5.74) is 0.605. The van der Waals surface area contributed by atoms with Crippen molar-refractivity contribution in [3.63, 3.8) is 0 Å². The molecule has 1 heterocycles. The highest BCUT2D eigenvalue weighted by atomic mass is 32.2. The summed E-state index contributed by atoms with van der Waals surface area (Å²) >= 11 is 0. The first-order valence-corrected chi connectivity index (χ1v) is 7.83. The Labute approximate surface area is 113 Å². The fraction of sp³-hybridized carbons (Fsp3) is 0.462. The van der Waals surface area contributed by atoms with E-state index in [1.807, 2.05) is 4.90 Å². The van der Waals surface area contributed by atoms with E-state index in [9.17, 15) is 13.2 Å². The number of hydrogen-bond donors (Lipinski definition) is 1. The number of nitrogens with zero attached hydrogens (tertiary/aromatic N) is 1. The third kappa shape index (κ3) is 2.79. The second-order valence-corrected chi connectivity index (χ2v) is 6.42. The molecule has 0 saturated carbocycles. The number of carbonyl (C=O) groups is 1. The van der Waals surface area contributed by atoms with Crippen molar-refractivity contribution in [3.8, 4) is 0 Å². The predicted molar refractivity (Wildman–Crippen MR) is 73.7 cm³/mol. The molecule has 104 valence electrons. The Bertz CT molecular complexity index is 557. The van der Waals surface area contributed by atoms with Crippen LogP contribution in [0.25, 0.3) is 0 Å². The van der Waals surface area contributed by atoms with Crippen molar-refractivity contribution in [1.82, 2.24) is 4.72 Å². The SMILES string of the molecule is CNS(=O)(=O)c1ccccc1N1CCCCC1C=O. The number of aldehydes is 1. The largest absolute Gasteiger partial charge is 0.361 e. The van der Waals surface area contributed by atoms with Crippen LogP contribution in [-0.2, 0) is 14.8 Å². The van der Waals surface area contributed by atoms with Gasteiger partial charge in [-0.2, -0.15) is 0 Å². The third-order valence-corrected chi connectivity index (χ3v) is 4.90. The quantitative estimate of drug-likeness (QED) is 0.841. The van der Waals surface area contributed by atoms with Crippen LogP contribution in [0.3, 0.4) is 0 Å². The normalized spacial score (nSPS) is 20.3. The van der Waals surface area contributed by atoms with Gasteiger partial charge in [-0.25, -0.2) is 13.1 Å². The number of piperidine rings is 1. The molecule has 1 aromatic carbocycles. The van der Waals surface area contributed by atoms with Crippen LogP contribution >= 0.6 is 0 Å². The molecule has 1 atom stereocenters. The standard InChI is InChI=1S/C13H18N2O3S/c1-14-19(17,18)13-8-3-2-7-12(13)15-9-5-4-6-11(15)10-16/h2-3,7-8,10-11,14H,4-6,9H2,1H3. The molecule has 1 N–H and O–H groups in total. The van der Waals surface area contributed by atoms with Gasteiger partial charge in [0, 0.05) is 6.54 Å². The van der Waals surface area contributed by atoms with Gasteiger partial charge in [0.2, 0.25) is 10.0 Å². The number of nitrogens with one attached hydrogen (secondary N) is 1. The zero-order chi connectivity index (χ0) is 13.9. The third-order valence-electron chi connectivity index (χ3n) is 3.44. The van der Waals surface area contributed by atoms with Gasteiger partial charge in [-0.3, -0.25) is 0 Å². The highest BCUT2D eigenvalue weighted by molar-refractivity contribution is 7.89. The molecule has 0 bridgehead atoms. The summed E-state index contributed by atoms with van der Waals surface area (Å²) in [6.07, 6.45) is 3.65. The van der Waals surface area contributed by atoms with Gasteiger partial charge in [0.25, 0.3) is 0 Å². The van der Waals surface area contributed by atoms with Gasteiger partial charge in [-0.15, -0.1) is 0 Å². The van der Waals surface area contributed by atoms with E-state index in [0.29, 0.717) is 12.2 Å². The van der Waals surface area contributed by atoms with Crippen LogP contribution in [0.15, 0.2) is 29.2 Å². The molecule has 0 aromatic heterocycles. The summed E-state index contributed by atoms with van der Waals surface area (Å²) in [5, 5.41) is 0. The second-order valence-electron chi connectivity index (χ2n) is 4.57. The molecule has 0 aliphatic carbocycles. The highest BCUT2D eigenvalue weighted by Gasteiger charge is 2.27. The fourth-order valence-corrected chi connectivity index (χ4v) is 3.37. The van der Waals surface area contributed by atoms with Gasteiger partial charge >= 0.3 is 0 Å². The Morgan fingerprint density at radius 1 is 1.32 bits per heavy atom. The molecule has 1 aromatic rings. The fourth-order valence-electron chi connectivity index (χ4n) is 2.43. The number of anilines is 1. The minimum absolute atomic E-state index is 0.228. The zero-order valence-electron chi connectivity index (χ0n) is 10.9. The predicted octanol–water partition coefficient (Wildman–Crippen LogP) is 1.15. The first kappa shape index (κ1) is 14.0. The van der Waals surface area contributed by atoms with Crippen LogP contribution in [0.1, 0.15) is 19.3 Å². The molecule has 0 spiro atoms. The van der Waals surface area contributed by atoms with Gasteiger partial charge in [0.15, 0.2) is 0 Å². The molecular weight excluding hydrogens is 264 g/mol. The van der Waals surface area contributed by atoms with Crippen LogP contribution in [0, 0.1) is 0 Å². The van der Waals surface area contributed by atoms with Crippen molar-refractivity contribution in [1.29, 1.82) is 0 Å². The average Bonchev–Trinajstić information content (AvgIpc) is 2.47. The van der Waals surface area contributed by atoms with Crippen LogP contribution in [0.2, 0.25) is 0 Å². The molecule has 1 aliphatic heterocycles. The molecule has 1 aliphatic rings. The lowest BCUT2D eigenvalue weighted by Gasteiger charge is -2.35. The van der Waals surface area contributed by atoms with Crippen molar-refractivity contribution in [2.24, 2.45) is 0 Å². The molecule has 6 heteroatoms. The molecule has 19 heavy (non-hydrogen) atoms. The lowest BCUT2D eigenvalue weighted by molar-refractivity contribution is -0.109. The number of carbonyl (C=O) groups excluding carboxylic acids is 1. The Hall–Kier alpha value is -1.40. The van der Waals surface area contributed by atoms with Gasteiger partial charge < -0.3 is 9.69 Å². The van der Waals surface area contributed by atoms with Crippen LogP contribution in [0.4, 0.5) is 5.69 Å². The van der Waals surface area contributed by atoms with E-state index in [1.54, 1.807) is 24.3 Å². The number of sulfonamides is 1. The van der Waals surface area contributed by atoms with Crippen molar-refractivity contribution >= 4 is 22.0 Å². The molecule has 1 saturated heterocycles. The summed E-state index contributed by atoms with van der Waals surface area (Å²) in [4.78, 5) is 13.3. The van der Waals surface area contributed by atoms with E-state index in [0.717, 1.165) is 25.5 Å². The molecule has 2 rings (SSSR count).